The third-order valence-electron chi connectivity index (χ3n) is 3.14. The summed E-state index contributed by atoms with van der Waals surface area (Å²) in [5.74, 6) is 0.839. The van der Waals surface area contributed by atoms with Crippen LogP contribution < -0.4 is 0 Å². The lowest BCUT2D eigenvalue weighted by atomic mass is 10.0. The van der Waals surface area contributed by atoms with Gasteiger partial charge in [0.1, 0.15) is 0 Å². The Morgan fingerprint density at radius 3 is 2.94 bits per heavy atom. The second-order valence-electron chi connectivity index (χ2n) is 4.60. The van der Waals surface area contributed by atoms with Crippen LogP contribution in [0.5, 0.6) is 0 Å². The molecule has 1 fully saturated rings. The molecule has 0 bridgehead atoms. The maximum absolute atomic E-state index is 11.9. The molecule has 1 aliphatic rings. The van der Waals surface area contributed by atoms with Gasteiger partial charge in [0.2, 0.25) is 5.91 Å². The number of aromatic nitrogens is 2. The minimum atomic E-state index is 0.214. The summed E-state index contributed by atoms with van der Waals surface area (Å²) >= 11 is 5.67. The molecule has 4 nitrogen and oxygen atoms in total. The third kappa shape index (κ3) is 3.40. The van der Waals surface area contributed by atoms with E-state index in [2.05, 4.69) is 17.1 Å². The van der Waals surface area contributed by atoms with Crippen LogP contribution >= 0.6 is 11.6 Å². The van der Waals surface area contributed by atoms with E-state index in [1.807, 2.05) is 11.0 Å². The summed E-state index contributed by atoms with van der Waals surface area (Å²) in [7, 11) is 0. The highest BCUT2D eigenvalue weighted by molar-refractivity contribution is 6.29. The first-order chi connectivity index (χ1) is 8.15. The van der Waals surface area contributed by atoms with Gasteiger partial charge in [0.25, 0.3) is 0 Å². The van der Waals surface area contributed by atoms with E-state index in [9.17, 15) is 4.79 Å². The summed E-state index contributed by atoms with van der Waals surface area (Å²) in [6.45, 7) is 3.54. The van der Waals surface area contributed by atoms with Crippen molar-refractivity contribution in [1.82, 2.24) is 15.1 Å². The van der Waals surface area contributed by atoms with Gasteiger partial charge in [-0.1, -0.05) is 18.5 Å². The summed E-state index contributed by atoms with van der Waals surface area (Å²) < 4.78 is 0. The SMILES string of the molecule is CC1CCC(=O)N(Cc2ccc(Cl)nn2)CC1. The van der Waals surface area contributed by atoms with Gasteiger partial charge < -0.3 is 4.90 Å². The molecule has 92 valence electrons. The van der Waals surface area contributed by atoms with Crippen LogP contribution in [0.2, 0.25) is 5.15 Å². The van der Waals surface area contributed by atoms with Crippen LogP contribution in [-0.4, -0.2) is 27.5 Å². The summed E-state index contributed by atoms with van der Waals surface area (Å²) in [6, 6.07) is 3.52. The molecule has 1 aliphatic heterocycles. The van der Waals surface area contributed by atoms with Crippen molar-refractivity contribution < 1.29 is 4.79 Å². The van der Waals surface area contributed by atoms with Gasteiger partial charge in [0.05, 0.1) is 12.2 Å². The molecule has 0 N–H and O–H groups in total. The van der Waals surface area contributed by atoms with E-state index in [1.165, 1.54) is 0 Å². The highest BCUT2D eigenvalue weighted by atomic mass is 35.5. The van der Waals surface area contributed by atoms with Crippen molar-refractivity contribution >= 4 is 17.5 Å². The minimum Gasteiger partial charge on any atom is -0.337 e. The summed E-state index contributed by atoms with van der Waals surface area (Å²) in [4.78, 5) is 13.7. The monoisotopic (exact) mass is 253 g/mol. The van der Waals surface area contributed by atoms with E-state index in [-0.39, 0.29) is 5.91 Å². The summed E-state index contributed by atoms with van der Waals surface area (Å²) in [6.07, 6.45) is 2.69. The largest absolute Gasteiger partial charge is 0.337 e. The zero-order chi connectivity index (χ0) is 12.3. The van der Waals surface area contributed by atoms with Crippen LogP contribution in [0.3, 0.4) is 0 Å². The van der Waals surface area contributed by atoms with Gasteiger partial charge in [-0.25, -0.2) is 0 Å². The smallest absolute Gasteiger partial charge is 0.222 e. The first-order valence-electron chi connectivity index (χ1n) is 5.91. The Morgan fingerprint density at radius 2 is 2.24 bits per heavy atom. The Labute approximate surface area is 106 Å². The second kappa shape index (κ2) is 5.45. The minimum absolute atomic E-state index is 0.214. The molecule has 0 aliphatic carbocycles. The fourth-order valence-electron chi connectivity index (χ4n) is 1.96. The molecule has 1 atom stereocenters. The Hall–Kier alpha value is -1.16. The number of carbonyl (C=O) groups is 1. The standard InChI is InChI=1S/C12H16ClN3O/c1-9-2-5-12(17)16(7-6-9)8-10-3-4-11(13)15-14-10/h3-4,9H,2,5-8H2,1H3. The number of nitrogens with zero attached hydrogens (tertiary/aromatic N) is 3. The second-order valence-corrected chi connectivity index (χ2v) is 4.98. The normalized spacial score (nSPS) is 21.4. The number of amides is 1. The maximum Gasteiger partial charge on any atom is 0.222 e. The fraction of sp³-hybridized carbons (Fsp3) is 0.583. The lowest BCUT2D eigenvalue weighted by Crippen LogP contribution is -2.30. The van der Waals surface area contributed by atoms with Crippen molar-refractivity contribution in [2.75, 3.05) is 6.54 Å². The van der Waals surface area contributed by atoms with Crippen molar-refractivity contribution in [1.29, 1.82) is 0 Å². The van der Waals surface area contributed by atoms with Gasteiger partial charge >= 0.3 is 0 Å². The molecular weight excluding hydrogens is 238 g/mol. The molecule has 1 aromatic heterocycles. The van der Waals surface area contributed by atoms with Crippen molar-refractivity contribution in [2.45, 2.75) is 32.7 Å². The van der Waals surface area contributed by atoms with Gasteiger partial charge in [0, 0.05) is 13.0 Å². The van der Waals surface area contributed by atoms with E-state index in [4.69, 9.17) is 11.6 Å². The Kier molecular flexibility index (Phi) is 3.94. The third-order valence-corrected chi connectivity index (χ3v) is 3.34. The molecule has 2 heterocycles. The van der Waals surface area contributed by atoms with E-state index in [0.29, 0.717) is 24.0 Å². The van der Waals surface area contributed by atoms with Crippen molar-refractivity contribution in [3.8, 4) is 0 Å². The predicted molar refractivity (Wildman–Crippen MR) is 65.5 cm³/mol. The molecule has 0 spiro atoms. The van der Waals surface area contributed by atoms with Gasteiger partial charge in [-0.2, -0.15) is 5.10 Å². The van der Waals surface area contributed by atoms with Gasteiger partial charge in [-0.15, -0.1) is 5.10 Å². The lowest BCUT2D eigenvalue weighted by Gasteiger charge is -2.19. The van der Waals surface area contributed by atoms with Crippen LogP contribution in [0.1, 0.15) is 31.9 Å². The van der Waals surface area contributed by atoms with E-state index in [1.54, 1.807) is 6.07 Å². The van der Waals surface area contributed by atoms with Crippen LogP contribution in [-0.2, 0) is 11.3 Å². The Bertz CT molecular complexity index is 393. The average Bonchev–Trinajstić information content (AvgIpc) is 2.47. The zero-order valence-corrected chi connectivity index (χ0v) is 10.7. The summed E-state index contributed by atoms with van der Waals surface area (Å²) in [5.41, 5.74) is 0.789. The molecule has 1 amide bonds. The number of hydrogen-bond acceptors (Lipinski definition) is 3. The molecule has 17 heavy (non-hydrogen) atoms. The zero-order valence-electron chi connectivity index (χ0n) is 9.90. The number of halogens is 1. The first kappa shape index (κ1) is 12.3. The Balaban J connectivity index is 2.01. The highest BCUT2D eigenvalue weighted by Crippen LogP contribution is 2.18. The highest BCUT2D eigenvalue weighted by Gasteiger charge is 2.20. The van der Waals surface area contributed by atoms with Gasteiger partial charge in [0.15, 0.2) is 5.15 Å². The lowest BCUT2D eigenvalue weighted by molar-refractivity contribution is -0.131. The van der Waals surface area contributed by atoms with Gasteiger partial charge in [-0.3, -0.25) is 4.79 Å². The number of rotatable bonds is 2. The topological polar surface area (TPSA) is 46.1 Å². The van der Waals surface area contributed by atoms with Crippen molar-refractivity contribution in [3.63, 3.8) is 0 Å². The van der Waals surface area contributed by atoms with Crippen LogP contribution in [0.4, 0.5) is 0 Å². The van der Waals surface area contributed by atoms with E-state index < -0.39 is 0 Å². The predicted octanol–water partition coefficient (Wildman–Crippen LogP) is 2.28. The van der Waals surface area contributed by atoms with Crippen LogP contribution in [0, 0.1) is 5.92 Å². The molecule has 0 radical (unpaired) electrons. The van der Waals surface area contributed by atoms with Gasteiger partial charge in [-0.05, 0) is 30.9 Å². The van der Waals surface area contributed by atoms with Crippen LogP contribution in [0.25, 0.3) is 0 Å². The number of hydrogen-bond donors (Lipinski definition) is 0. The molecule has 1 saturated heterocycles. The molecular formula is C12H16ClN3O. The maximum atomic E-state index is 11.9. The average molecular weight is 254 g/mol. The number of carbonyl (C=O) groups excluding carboxylic acids is 1. The Morgan fingerprint density at radius 1 is 1.41 bits per heavy atom. The van der Waals surface area contributed by atoms with Crippen molar-refractivity contribution in [2.24, 2.45) is 5.92 Å². The van der Waals surface area contributed by atoms with Crippen LogP contribution in [0.15, 0.2) is 12.1 Å². The first-order valence-corrected chi connectivity index (χ1v) is 6.29. The fourth-order valence-corrected chi connectivity index (χ4v) is 2.06. The van der Waals surface area contributed by atoms with Crippen molar-refractivity contribution in [3.05, 3.63) is 23.0 Å². The molecule has 5 heteroatoms. The molecule has 0 saturated carbocycles. The molecule has 1 unspecified atom stereocenters. The molecule has 1 aromatic rings. The molecule has 0 aromatic carbocycles. The van der Waals surface area contributed by atoms with E-state index in [0.717, 1.165) is 25.1 Å². The number of likely N-dealkylation sites (tertiary alicyclic amines) is 1. The molecule has 2 rings (SSSR count). The quantitative estimate of drug-likeness (QED) is 0.812. The van der Waals surface area contributed by atoms with E-state index >= 15 is 0 Å². The summed E-state index contributed by atoms with van der Waals surface area (Å²) in [5, 5.41) is 8.15.